The molecule has 0 aromatic rings. The molecule has 0 amide bonds. The molecule has 2 atom stereocenters. The van der Waals surface area contributed by atoms with Crippen LogP contribution in [0.3, 0.4) is 0 Å². The molecule has 2 unspecified atom stereocenters. The monoisotopic (exact) mass is 140 g/mol. The molecule has 0 radical (unpaired) electrons. The molecule has 3 N–H and O–H groups in total. The van der Waals surface area contributed by atoms with Gasteiger partial charge in [0.2, 0.25) is 0 Å². The van der Waals surface area contributed by atoms with E-state index >= 15 is 0 Å². The fourth-order valence-electron chi connectivity index (χ4n) is 2.55. The Kier molecular flexibility index (Phi) is 1.29. The molecule has 10 heavy (non-hydrogen) atoms. The van der Waals surface area contributed by atoms with E-state index in [4.69, 9.17) is 5.73 Å². The van der Waals surface area contributed by atoms with Crippen LogP contribution in [0.25, 0.3) is 0 Å². The van der Waals surface area contributed by atoms with Crippen LogP contribution in [-0.2, 0) is 0 Å². The predicted octanol–water partition coefficient (Wildman–Crippen LogP) is 0.333. The molecule has 2 nitrogen and oxygen atoms in total. The Morgan fingerprint density at radius 2 is 1.80 bits per heavy atom. The first-order valence-electron chi connectivity index (χ1n) is 4.17. The molecule has 0 bridgehead atoms. The van der Waals surface area contributed by atoms with Crippen molar-refractivity contribution in [2.24, 2.45) is 17.6 Å². The highest BCUT2D eigenvalue weighted by molar-refractivity contribution is 4.99. The van der Waals surface area contributed by atoms with Gasteiger partial charge in [-0.15, -0.1) is 0 Å². The summed E-state index contributed by atoms with van der Waals surface area (Å²) in [6, 6.07) is 0. The van der Waals surface area contributed by atoms with Crippen LogP contribution >= 0.6 is 0 Å². The van der Waals surface area contributed by atoms with Gasteiger partial charge in [0.05, 0.1) is 0 Å². The minimum Gasteiger partial charge on any atom is -0.325 e. The average molecular weight is 140 g/mol. The largest absolute Gasteiger partial charge is 0.325 e. The summed E-state index contributed by atoms with van der Waals surface area (Å²) in [6.45, 7) is 4.60. The van der Waals surface area contributed by atoms with E-state index in [1.807, 2.05) is 0 Å². The topological polar surface area (TPSA) is 38.0 Å². The third-order valence-electron chi connectivity index (χ3n) is 2.94. The summed E-state index contributed by atoms with van der Waals surface area (Å²) < 4.78 is 0. The lowest BCUT2D eigenvalue weighted by Gasteiger charge is -2.17. The Morgan fingerprint density at radius 1 is 1.30 bits per heavy atom. The van der Waals surface area contributed by atoms with E-state index in [2.05, 4.69) is 12.2 Å². The van der Waals surface area contributed by atoms with Crippen molar-refractivity contribution in [2.75, 3.05) is 13.1 Å². The molecule has 1 saturated carbocycles. The van der Waals surface area contributed by atoms with Gasteiger partial charge in [0, 0.05) is 5.54 Å². The van der Waals surface area contributed by atoms with Crippen LogP contribution in [0.5, 0.6) is 0 Å². The van der Waals surface area contributed by atoms with Crippen LogP contribution in [0.2, 0.25) is 0 Å². The van der Waals surface area contributed by atoms with Crippen molar-refractivity contribution in [3.63, 3.8) is 0 Å². The summed E-state index contributed by atoms with van der Waals surface area (Å²) in [5.74, 6) is 1.77. The maximum absolute atomic E-state index is 6.04. The summed E-state index contributed by atoms with van der Waals surface area (Å²) in [6.07, 6.45) is 2.45. The zero-order valence-electron chi connectivity index (χ0n) is 6.56. The summed E-state index contributed by atoms with van der Waals surface area (Å²) in [4.78, 5) is 0. The smallest absolute Gasteiger partial charge is 0.0132 e. The van der Waals surface area contributed by atoms with Crippen LogP contribution in [0, 0.1) is 11.8 Å². The molecular weight excluding hydrogens is 124 g/mol. The van der Waals surface area contributed by atoms with Crippen molar-refractivity contribution in [1.29, 1.82) is 0 Å². The van der Waals surface area contributed by atoms with Gasteiger partial charge in [-0.1, -0.05) is 0 Å². The summed E-state index contributed by atoms with van der Waals surface area (Å²) in [5.41, 5.74) is 6.19. The van der Waals surface area contributed by atoms with E-state index in [1.165, 1.54) is 25.9 Å². The lowest BCUT2D eigenvalue weighted by Crippen LogP contribution is -2.34. The van der Waals surface area contributed by atoms with E-state index in [9.17, 15) is 0 Å². The molecular formula is C8H16N2. The molecule has 1 heterocycles. The Balaban J connectivity index is 2.07. The average Bonchev–Trinajstić information content (AvgIpc) is 2.20. The van der Waals surface area contributed by atoms with E-state index in [1.54, 1.807) is 0 Å². The van der Waals surface area contributed by atoms with E-state index in [0.29, 0.717) is 0 Å². The minimum atomic E-state index is 0.150. The van der Waals surface area contributed by atoms with Crippen LogP contribution < -0.4 is 11.1 Å². The number of rotatable bonds is 0. The Bertz CT molecular complexity index is 128. The summed E-state index contributed by atoms with van der Waals surface area (Å²) >= 11 is 0. The summed E-state index contributed by atoms with van der Waals surface area (Å²) in [5, 5.41) is 3.41. The lowest BCUT2D eigenvalue weighted by atomic mass is 10.0. The molecule has 0 aromatic carbocycles. The number of hydrogen-bond donors (Lipinski definition) is 2. The van der Waals surface area contributed by atoms with Crippen LogP contribution in [0.15, 0.2) is 0 Å². The minimum absolute atomic E-state index is 0.150. The third-order valence-corrected chi connectivity index (χ3v) is 2.94. The molecule has 1 saturated heterocycles. The van der Waals surface area contributed by atoms with Crippen molar-refractivity contribution in [3.8, 4) is 0 Å². The van der Waals surface area contributed by atoms with Gasteiger partial charge >= 0.3 is 0 Å². The van der Waals surface area contributed by atoms with E-state index < -0.39 is 0 Å². The Morgan fingerprint density at radius 3 is 2.30 bits per heavy atom. The second kappa shape index (κ2) is 1.95. The van der Waals surface area contributed by atoms with Crippen LogP contribution in [0.4, 0.5) is 0 Å². The number of nitrogens with one attached hydrogen (secondary N) is 1. The van der Waals surface area contributed by atoms with Gasteiger partial charge in [0.25, 0.3) is 0 Å². The zero-order valence-corrected chi connectivity index (χ0v) is 6.56. The first kappa shape index (κ1) is 6.62. The first-order valence-corrected chi connectivity index (χ1v) is 4.17. The molecule has 1 aliphatic heterocycles. The van der Waals surface area contributed by atoms with E-state index in [0.717, 1.165) is 11.8 Å². The molecule has 0 spiro atoms. The van der Waals surface area contributed by atoms with Crippen LogP contribution in [0.1, 0.15) is 19.8 Å². The van der Waals surface area contributed by atoms with E-state index in [-0.39, 0.29) is 5.54 Å². The van der Waals surface area contributed by atoms with Gasteiger partial charge in [0.15, 0.2) is 0 Å². The number of nitrogens with two attached hydrogens (primary N) is 1. The van der Waals surface area contributed by atoms with Gasteiger partial charge in [0.1, 0.15) is 0 Å². The first-order chi connectivity index (χ1) is 4.67. The molecule has 2 aliphatic rings. The predicted molar refractivity (Wildman–Crippen MR) is 41.7 cm³/mol. The lowest BCUT2D eigenvalue weighted by molar-refractivity contribution is 0.442. The van der Waals surface area contributed by atoms with Gasteiger partial charge < -0.3 is 11.1 Å². The molecule has 2 fully saturated rings. The van der Waals surface area contributed by atoms with Gasteiger partial charge in [-0.25, -0.2) is 0 Å². The second-order valence-electron chi connectivity index (χ2n) is 4.24. The van der Waals surface area contributed by atoms with Crippen molar-refractivity contribution < 1.29 is 0 Å². The Hall–Kier alpha value is -0.0800. The molecule has 58 valence electrons. The quantitative estimate of drug-likeness (QED) is 0.509. The maximum Gasteiger partial charge on any atom is 0.0132 e. The van der Waals surface area contributed by atoms with Crippen molar-refractivity contribution in [3.05, 3.63) is 0 Å². The molecule has 1 aliphatic carbocycles. The Labute approximate surface area is 62.2 Å². The van der Waals surface area contributed by atoms with Crippen molar-refractivity contribution >= 4 is 0 Å². The second-order valence-corrected chi connectivity index (χ2v) is 4.24. The highest BCUT2D eigenvalue weighted by atomic mass is 14.9. The van der Waals surface area contributed by atoms with Gasteiger partial charge in [-0.05, 0) is 44.7 Å². The molecule has 2 heteroatoms. The fourth-order valence-corrected chi connectivity index (χ4v) is 2.55. The zero-order chi connectivity index (χ0) is 7.19. The van der Waals surface area contributed by atoms with Gasteiger partial charge in [-0.2, -0.15) is 0 Å². The SMILES string of the molecule is CC1(N)CC2CNCC2C1. The number of hydrogen-bond acceptors (Lipinski definition) is 2. The highest BCUT2D eigenvalue weighted by Gasteiger charge is 2.41. The van der Waals surface area contributed by atoms with Crippen molar-refractivity contribution in [1.82, 2.24) is 5.32 Å². The normalized spacial score (nSPS) is 53.4. The highest BCUT2D eigenvalue weighted by Crippen LogP contribution is 2.39. The standard InChI is InChI=1S/C8H16N2/c1-8(9)2-6-4-10-5-7(6)3-8/h6-7,10H,2-5,9H2,1H3. The molecule has 0 aromatic heterocycles. The van der Waals surface area contributed by atoms with Crippen molar-refractivity contribution in [2.45, 2.75) is 25.3 Å². The van der Waals surface area contributed by atoms with Gasteiger partial charge in [-0.3, -0.25) is 0 Å². The fraction of sp³-hybridized carbons (Fsp3) is 1.00. The van der Waals surface area contributed by atoms with Crippen LogP contribution in [-0.4, -0.2) is 18.6 Å². The maximum atomic E-state index is 6.04. The third kappa shape index (κ3) is 0.956. The molecule has 2 rings (SSSR count). The summed E-state index contributed by atoms with van der Waals surface area (Å²) in [7, 11) is 0. The number of fused-ring (bicyclic) bond motifs is 1.